The highest BCUT2D eigenvalue weighted by molar-refractivity contribution is 7.91. The van der Waals surface area contributed by atoms with Crippen LogP contribution < -0.4 is 0 Å². The number of H-pyrrole nitrogens is 1. The van der Waals surface area contributed by atoms with Gasteiger partial charge in [-0.05, 0) is 19.1 Å². The van der Waals surface area contributed by atoms with E-state index in [4.69, 9.17) is 11.6 Å². The predicted molar refractivity (Wildman–Crippen MR) is 85.1 cm³/mol. The van der Waals surface area contributed by atoms with Crippen molar-refractivity contribution in [2.75, 3.05) is 6.26 Å². The fourth-order valence-corrected chi connectivity index (χ4v) is 3.61. The maximum atomic E-state index is 12.0. The Bertz CT molecular complexity index is 842. The molecule has 21 heavy (non-hydrogen) atoms. The van der Waals surface area contributed by atoms with Gasteiger partial charge in [-0.3, -0.25) is 4.79 Å². The van der Waals surface area contributed by atoms with E-state index in [0.29, 0.717) is 21.5 Å². The highest BCUT2D eigenvalue weighted by Crippen LogP contribution is 2.36. The number of ketones is 1. The van der Waals surface area contributed by atoms with Gasteiger partial charge in [0.2, 0.25) is 0 Å². The van der Waals surface area contributed by atoms with Crippen LogP contribution in [-0.4, -0.2) is 25.4 Å². The van der Waals surface area contributed by atoms with Crippen molar-refractivity contribution in [3.8, 4) is 0 Å². The number of aromatic amines is 1. The molecule has 2 aromatic rings. The second kappa shape index (κ2) is 4.85. The third-order valence-electron chi connectivity index (χ3n) is 3.34. The Morgan fingerprint density at radius 3 is 2.24 bits per heavy atom. The third-order valence-corrected chi connectivity index (χ3v) is 4.68. The molecule has 1 aromatic heterocycles. The molecule has 114 valence electrons. The van der Waals surface area contributed by atoms with Crippen LogP contribution in [0.1, 0.15) is 43.7 Å². The van der Waals surface area contributed by atoms with Crippen LogP contribution in [0.4, 0.5) is 0 Å². The average molecular weight is 328 g/mol. The minimum Gasteiger partial charge on any atom is -0.356 e. The number of rotatable bonds is 2. The first-order valence-electron chi connectivity index (χ1n) is 6.49. The average Bonchev–Trinajstić information content (AvgIpc) is 2.64. The van der Waals surface area contributed by atoms with Gasteiger partial charge < -0.3 is 4.98 Å². The van der Waals surface area contributed by atoms with Gasteiger partial charge in [-0.1, -0.05) is 32.4 Å². The first-order valence-corrected chi connectivity index (χ1v) is 8.76. The predicted octanol–water partition coefficient (Wildman–Crippen LogP) is 3.72. The molecule has 0 amide bonds. The third kappa shape index (κ3) is 2.85. The number of hydrogen-bond acceptors (Lipinski definition) is 3. The summed E-state index contributed by atoms with van der Waals surface area (Å²) in [5, 5.41) is 0.852. The number of nitrogens with one attached hydrogen (secondary N) is 1. The highest BCUT2D eigenvalue weighted by Gasteiger charge is 2.27. The first-order chi connectivity index (χ1) is 9.43. The van der Waals surface area contributed by atoms with E-state index >= 15 is 0 Å². The van der Waals surface area contributed by atoms with Gasteiger partial charge in [0, 0.05) is 33.3 Å². The summed E-state index contributed by atoms with van der Waals surface area (Å²) in [6, 6.07) is 3.04. The fraction of sp³-hybridized carbons (Fsp3) is 0.400. The summed E-state index contributed by atoms with van der Waals surface area (Å²) in [7, 11) is -3.45. The van der Waals surface area contributed by atoms with Crippen molar-refractivity contribution < 1.29 is 13.2 Å². The van der Waals surface area contributed by atoms with Crippen LogP contribution in [0.3, 0.4) is 0 Å². The lowest BCUT2D eigenvalue weighted by molar-refractivity contribution is 0.101. The van der Waals surface area contributed by atoms with Crippen molar-refractivity contribution in [3.05, 3.63) is 28.4 Å². The summed E-state index contributed by atoms with van der Waals surface area (Å²) in [5.41, 5.74) is 1.35. The Balaban J connectivity index is 3.05. The molecule has 0 fully saturated rings. The zero-order valence-electron chi connectivity index (χ0n) is 12.7. The van der Waals surface area contributed by atoms with Crippen molar-refractivity contribution in [1.29, 1.82) is 0 Å². The van der Waals surface area contributed by atoms with Crippen LogP contribution in [0.25, 0.3) is 10.9 Å². The topological polar surface area (TPSA) is 67.0 Å². The molecule has 0 unspecified atom stereocenters. The molecule has 0 spiro atoms. The van der Waals surface area contributed by atoms with Crippen LogP contribution in [0.15, 0.2) is 17.0 Å². The monoisotopic (exact) mass is 327 g/mol. The van der Waals surface area contributed by atoms with Gasteiger partial charge in [-0.2, -0.15) is 0 Å². The van der Waals surface area contributed by atoms with Crippen LogP contribution in [0, 0.1) is 0 Å². The van der Waals surface area contributed by atoms with Gasteiger partial charge in [-0.25, -0.2) is 8.42 Å². The van der Waals surface area contributed by atoms with Gasteiger partial charge in [0.1, 0.15) is 0 Å². The van der Waals surface area contributed by atoms with Crippen LogP contribution in [-0.2, 0) is 15.3 Å². The van der Waals surface area contributed by atoms with Crippen molar-refractivity contribution in [1.82, 2.24) is 4.98 Å². The minimum atomic E-state index is -3.45. The standard InChI is InChI=1S/C15H18ClNO3S/c1-8(18)12-10-6-9(16)7-11(21(5,19)20)13(10)17-14(12)15(2,3)4/h6-7,17H,1-5H3. The number of carbonyl (C=O) groups excluding carboxylic acids is 1. The maximum Gasteiger partial charge on any atom is 0.177 e. The summed E-state index contributed by atoms with van der Waals surface area (Å²) >= 11 is 6.04. The van der Waals surface area contributed by atoms with E-state index in [2.05, 4.69) is 4.98 Å². The van der Waals surface area contributed by atoms with E-state index < -0.39 is 9.84 Å². The maximum absolute atomic E-state index is 12.0. The number of benzene rings is 1. The number of hydrogen-bond donors (Lipinski definition) is 1. The van der Waals surface area contributed by atoms with E-state index in [1.54, 1.807) is 6.07 Å². The molecule has 0 atom stereocenters. The largest absolute Gasteiger partial charge is 0.356 e. The molecule has 6 heteroatoms. The normalized spacial score (nSPS) is 12.9. The van der Waals surface area contributed by atoms with E-state index in [0.717, 1.165) is 11.9 Å². The molecule has 0 radical (unpaired) electrons. The van der Waals surface area contributed by atoms with Gasteiger partial charge in [0.15, 0.2) is 15.6 Å². The smallest absolute Gasteiger partial charge is 0.177 e. The molecule has 0 bridgehead atoms. The molecule has 2 rings (SSSR count). The zero-order valence-corrected chi connectivity index (χ0v) is 14.2. The molecular weight excluding hydrogens is 310 g/mol. The number of halogens is 1. The van der Waals surface area contributed by atoms with Crippen molar-refractivity contribution >= 4 is 38.1 Å². The first kappa shape index (κ1) is 16.0. The SMILES string of the molecule is CC(=O)c1c(C(C)(C)C)[nH]c2c(S(C)(=O)=O)cc(Cl)cc12. The summed E-state index contributed by atoms with van der Waals surface area (Å²) in [6.45, 7) is 7.36. The molecule has 4 nitrogen and oxygen atoms in total. The van der Waals surface area contributed by atoms with Crippen LogP contribution >= 0.6 is 11.6 Å². The Labute approximate surface area is 129 Å². The highest BCUT2D eigenvalue weighted by atomic mass is 35.5. The Hall–Kier alpha value is -1.33. The van der Waals surface area contributed by atoms with Crippen molar-refractivity contribution in [2.24, 2.45) is 0 Å². The van der Waals surface area contributed by atoms with E-state index in [1.807, 2.05) is 20.8 Å². The lowest BCUT2D eigenvalue weighted by atomic mass is 9.88. The number of carbonyl (C=O) groups is 1. The summed E-state index contributed by atoms with van der Waals surface area (Å²) in [6.07, 6.45) is 1.13. The van der Waals surface area contributed by atoms with Crippen LogP contribution in [0.5, 0.6) is 0 Å². The van der Waals surface area contributed by atoms with E-state index in [9.17, 15) is 13.2 Å². The van der Waals surface area contributed by atoms with Gasteiger partial charge >= 0.3 is 0 Å². The van der Waals surface area contributed by atoms with Crippen molar-refractivity contribution in [2.45, 2.75) is 38.0 Å². The van der Waals surface area contributed by atoms with E-state index in [1.165, 1.54) is 13.0 Å². The van der Waals surface area contributed by atoms with E-state index in [-0.39, 0.29) is 16.1 Å². The molecule has 0 aliphatic heterocycles. The van der Waals surface area contributed by atoms with Gasteiger partial charge in [0.25, 0.3) is 0 Å². The Morgan fingerprint density at radius 1 is 1.24 bits per heavy atom. The molecular formula is C15H18ClNO3S. The molecule has 1 aromatic carbocycles. The fourth-order valence-electron chi connectivity index (χ4n) is 2.45. The Morgan fingerprint density at radius 2 is 1.81 bits per heavy atom. The summed E-state index contributed by atoms with van der Waals surface area (Å²) in [5.74, 6) is -0.118. The van der Waals surface area contributed by atoms with Crippen molar-refractivity contribution in [3.63, 3.8) is 0 Å². The number of aromatic nitrogens is 1. The number of Topliss-reactive ketones (excluding diaryl/α,β-unsaturated/α-hetero) is 1. The quantitative estimate of drug-likeness (QED) is 0.855. The second-order valence-electron chi connectivity index (χ2n) is 6.28. The molecule has 0 aliphatic carbocycles. The molecule has 0 saturated carbocycles. The molecule has 0 aliphatic rings. The Kier molecular flexibility index (Phi) is 3.71. The zero-order chi connectivity index (χ0) is 16.2. The summed E-state index contributed by atoms with van der Waals surface area (Å²) < 4.78 is 24.0. The molecule has 1 N–H and O–H groups in total. The lowest BCUT2D eigenvalue weighted by Crippen LogP contribution is -2.15. The minimum absolute atomic E-state index is 0.114. The van der Waals surface area contributed by atoms with Crippen LogP contribution in [0.2, 0.25) is 5.02 Å². The number of sulfone groups is 1. The number of fused-ring (bicyclic) bond motifs is 1. The second-order valence-corrected chi connectivity index (χ2v) is 8.70. The lowest BCUT2D eigenvalue weighted by Gasteiger charge is -2.18. The molecule has 1 heterocycles. The molecule has 0 saturated heterocycles. The van der Waals surface area contributed by atoms with Gasteiger partial charge in [-0.15, -0.1) is 0 Å². The van der Waals surface area contributed by atoms with Gasteiger partial charge in [0.05, 0.1) is 10.4 Å². The summed E-state index contributed by atoms with van der Waals surface area (Å²) in [4.78, 5) is 15.3.